The molecule has 6 nitrogen and oxygen atoms in total. The van der Waals surface area contributed by atoms with Gasteiger partial charge in [-0.05, 0) is 19.8 Å². The summed E-state index contributed by atoms with van der Waals surface area (Å²) in [4.78, 5) is 23.9. The molecule has 0 aromatic heterocycles. The summed E-state index contributed by atoms with van der Waals surface area (Å²) in [6.07, 6.45) is 1.32. The normalized spacial score (nSPS) is 19.4. The fourth-order valence-corrected chi connectivity index (χ4v) is 1.77. The van der Waals surface area contributed by atoms with Crippen LogP contribution in [0.15, 0.2) is 0 Å². The minimum Gasteiger partial charge on any atom is -0.481 e. The van der Waals surface area contributed by atoms with Crippen molar-refractivity contribution < 1.29 is 19.4 Å². The molecule has 1 unspecified atom stereocenters. The maximum absolute atomic E-state index is 11.6. The summed E-state index contributed by atoms with van der Waals surface area (Å²) in [6.45, 7) is 4.64. The minimum absolute atomic E-state index is 0.176. The molecule has 1 saturated heterocycles. The van der Waals surface area contributed by atoms with Crippen LogP contribution in [-0.2, 0) is 9.53 Å². The average Bonchev–Trinajstić information content (AvgIpc) is 2.78. The standard InChI is InChI=1S/C11H20N2O4/c1-2-17-7-3-5-12-11(16)13-6-4-9(8-13)10(14)15/h9H,2-8H2,1H3,(H,12,16)(H,14,15). The number of carbonyl (C=O) groups is 2. The second-order valence-electron chi connectivity index (χ2n) is 4.05. The zero-order valence-electron chi connectivity index (χ0n) is 10.1. The molecule has 1 fully saturated rings. The third-order valence-corrected chi connectivity index (χ3v) is 2.77. The third-order valence-electron chi connectivity index (χ3n) is 2.77. The van der Waals surface area contributed by atoms with Crippen molar-refractivity contribution in [2.24, 2.45) is 5.92 Å². The first-order valence-electron chi connectivity index (χ1n) is 5.98. The molecule has 98 valence electrons. The Balaban J connectivity index is 2.14. The molecule has 2 N–H and O–H groups in total. The van der Waals surface area contributed by atoms with Crippen molar-refractivity contribution in [3.05, 3.63) is 0 Å². The molecule has 2 amide bonds. The predicted octanol–water partition coefficient (Wildman–Crippen LogP) is 0.529. The van der Waals surface area contributed by atoms with Crippen LogP contribution in [0.5, 0.6) is 0 Å². The van der Waals surface area contributed by atoms with E-state index in [2.05, 4.69) is 5.32 Å². The molecule has 0 saturated carbocycles. The van der Waals surface area contributed by atoms with Crippen molar-refractivity contribution in [3.8, 4) is 0 Å². The molecule has 1 atom stereocenters. The molecule has 0 aliphatic carbocycles. The van der Waals surface area contributed by atoms with Crippen molar-refractivity contribution in [2.75, 3.05) is 32.8 Å². The summed E-state index contributed by atoms with van der Waals surface area (Å²) in [7, 11) is 0. The fraction of sp³-hybridized carbons (Fsp3) is 0.818. The number of hydrogen-bond donors (Lipinski definition) is 2. The van der Waals surface area contributed by atoms with Crippen molar-refractivity contribution in [1.82, 2.24) is 10.2 Å². The molecular weight excluding hydrogens is 224 g/mol. The Hall–Kier alpha value is -1.30. The van der Waals surface area contributed by atoms with Gasteiger partial charge in [0.2, 0.25) is 0 Å². The number of aliphatic carboxylic acids is 1. The van der Waals surface area contributed by atoms with Gasteiger partial charge in [-0.2, -0.15) is 0 Å². The van der Waals surface area contributed by atoms with Gasteiger partial charge in [-0.25, -0.2) is 4.79 Å². The molecule has 1 aliphatic rings. The monoisotopic (exact) mass is 244 g/mol. The van der Waals surface area contributed by atoms with Crippen LogP contribution in [0.4, 0.5) is 4.79 Å². The van der Waals surface area contributed by atoms with Gasteiger partial charge in [0.15, 0.2) is 0 Å². The highest BCUT2D eigenvalue weighted by atomic mass is 16.5. The smallest absolute Gasteiger partial charge is 0.317 e. The number of nitrogens with zero attached hydrogens (tertiary/aromatic N) is 1. The van der Waals surface area contributed by atoms with Gasteiger partial charge in [-0.15, -0.1) is 0 Å². The van der Waals surface area contributed by atoms with Gasteiger partial charge >= 0.3 is 12.0 Å². The van der Waals surface area contributed by atoms with E-state index in [4.69, 9.17) is 9.84 Å². The Kier molecular flexibility index (Phi) is 5.76. The number of amides is 2. The number of carbonyl (C=O) groups excluding carboxylic acids is 1. The molecule has 6 heteroatoms. The molecule has 1 rings (SSSR count). The highest BCUT2D eigenvalue weighted by Crippen LogP contribution is 2.15. The van der Waals surface area contributed by atoms with Crippen LogP contribution in [0.1, 0.15) is 19.8 Å². The number of rotatable bonds is 6. The van der Waals surface area contributed by atoms with Crippen LogP contribution in [-0.4, -0.2) is 54.9 Å². The van der Waals surface area contributed by atoms with Crippen LogP contribution in [0.3, 0.4) is 0 Å². The number of urea groups is 1. The second-order valence-corrected chi connectivity index (χ2v) is 4.05. The van der Waals surface area contributed by atoms with Crippen LogP contribution < -0.4 is 5.32 Å². The van der Waals surface area contributed by atoms with E-state index >= 15 is 0 Å². The van der Waals surface area contributed by atoms with E-state index in [1.54, 1.807) is 4.90 Å². The Morgan fingerprint density at radius 1 is 1.53 bits per heavy atom. The molecule has 1 aliphatic heterocycles. The zero-order valence-corrected chi connectivity index (χ0v) is 10.1. The maximum Gasteiger partial charge on any atom is 0.317 e. The number of likely N-dealkylation sites (tertiary alicyclic amines) is 1. The van der Waals surface area contributed by atoms with Crippen LogP contribution in [0.25, 0.3) is 0 Å². The first kappa shape index (κ1) is 13.8. The molecule has 0 aromatic rings. The first-order chi connectivity index (χ1) is 8.15. The van der Waals surface area contributed by atoms with E-state index < -0.39 is 11.9 Å². The number of nitrogens with one attached hydrogen (secondary N) is 1. The summed E-state index contributed by atoms with van der Waals surface area (Å²) in [5.74, 6) is -1.24. The van der Waals surface area contributed by atoms with E-state index in [0.717, 1.165) is 6.42 Å². The average molecular weight is 244 g/mol. The Bertz CT molecular complexity index is 270. The number of hydrogen-bond acceptors (Lipinski definition) is 3. The van der Waals surface area contributed by atoms with Crippen molar-refractivity contribution in [1.29, 1.82) is 0 Å². The van der Waals surface area contributed by atoms with Gasteiger partial charge in [0.1, 0.15) is 0 Å². The van der Waals surface area contributed by atoms with Gasteiger partial charge in [-0.1, -0.05) is 0 Å². The van der Waals surface area contributed by atoms with Crippen molar-refractivity contribution in [3.63, 3.8) is 0 Å². The number of carboxylic acids is 1. The lowest BCUT2D eigenvalue weighted by atomic mass is 10.1. The molecule has 0 spiro atoms. The third kappa shape index (κ3) is 4.60. The topological polar surface area (TPSA) is 78.9 Å². The fourth-order valence-electron chi connectivity index (χ4n) is 1.77. The summed E-state index contributed by atoms with van der Waals surface area (Å²) in [5.41, 5.74) is 0. The first-order valence-corrected chi connectivity index (χ1v) is 5.98. The second kappa shape index (κ2) is 7.11. The van der Waals surface area contributed by atoms with E-state index in [-0.39, 0.29) is 6.03 Å². The zero-order chi connectivity index (χ0) is 12.7. The van der Waals surface area contributed by atoms with E-state index in [1.165, 1.54) is 0 Å². The highest BCUT2D eigenvalue weighted by molar-refractivity contribution is 5.77. The van der Waals surface area contributed by atoms with Gasteiger partial charge < -0.3 is 20.1 Å². The summed E-state index contributed by atoms with van der Waals surface area (Å²) in [6, 6.07) is -0.176. The van der Waals surface area contributed by atoms with Gasteiger partial charge in [0.05, 0.1) is 5.92 Å². The molecule has 0 aromatic carbocycles. The lowest BCUT2D eigenvalue weighted by Gasteiger charge is -2.16. The lowest BCUT2D eigenvalue weighted by molar-refractivity contribution is -0.141. The Labute approximate surface area is 101 Å². The van der Waals surface area contributed by atoms with E-state index in [9.17, 15) is 9.59 Å². The Morgan fingerprint density at radius 3 is 2.88 bits per heavy atom. The molecular formula is C11H20N2O4. The summed E-state index contributed by atoms with van der Waals surface area (Å²) >= 11 is 0. The van der Waals surface area contributed by atoms with E-state index in [1.807, 2.05) is 6.92 Å². The van der Waals surface area contributed by atoms with E-state index in [0.29, 0.717) is 39.3 Å². The van der Waals surface area contributed by atoms with Gasteiger partial charge in [-0.3, -0.25) is 4.79 Å². The van der Waals surface area contributed by atoms with Crippen LogP contribution in [0.2, 0.25) is 0 Å². The van der Waals surface area contributed by atoms with Crippen LogP contribution in [0, 0.1) is 5.92 Å². The maximum atomic E-state index is 11.6. The molecule has 0 bridgehead atoms. The summed E-state index contributed by atoms with van der Waals surface area (Å²) < 4.78 is 5.15. The number of carboxylic acid groups (broad SMARTS) is 1. The van der Waals surface area contributed by atoms with Crippen molar-refractivity contribution >= 4 is 12.0 Å². The van der Waals surface area contributed by atoms with Crippen molar-refractivity contribution in [2.45, 2.75) is 19.8 Å². The van der Waals surface area contributed by atoms with Gasteiger partial charge in [0, 0.05) is 32.8 Å². The van der Waals surface area contributed by atoms with Gasteiger partial charge in [0.25, 0.3) is 0 Å². The highest BCUT2D eigenvalue weighted by Gasteiger charge is 2.30. The lowest BCUT2D eigenvalue weighted by Crippen LogP contribution is -2.39. The van der Waals surface area contributed by atoms with Crippen LogP contribution >= 0.6 is 0 Å². The molecule has 17 heavy (non-hydrogen) atoms. The number of ether oxygens (including phenoxy) is 1. The molecule has 1 heterocycles. The Morgan fingerprint density at radius 2 is 2.29 bits per heavy atom. The summed E-state index contributed by atoms with van der Waals surface area (Å²) in [5, 5.41) is 11.6. The SMILES string of the molecule is CCOCCCNC(=O)N1CCC(C(=O)O)C1. The quantitative estimate of drug-likeness (QED) is 0.668. The molecule has 0 radical (unpaired) electrons. The predicted molar refractivity (Wildman–Crippen MR) is 61.8 cm³/mol. The largest absolute Gasteiger partial charge is 0.481 e. The minimum atomic E-state index is -0.823.